The molecule has 0 aromatic carbocycles. The first-order valence-corrected chi connectivity index (χ1v) is 3.61. The fourth-order valence-corrected chi connectivity index (χ4v) is 1.35. The molecule has 1 N–H and O–H groups in total. The number of hydrogen-bond donors (Lipinski definition) is 1. The highest BCUT2D eigenvalue weighted by molar-refractivity contribution is 5.77. The van der Waals surface area contributed by atoms with Crippen molar-refractivity contribution >= 4 is 5.97 Å². The lowest BCUT2D eigenvalue weighted by atomic mass is 9.89. The van der Waals surface area contributed by atoms with E-state index in [0.717, 1.165) is 6.42 Å². The molecule has 0 bridgehead atoms. The number of carboxylic acid groups (broad SMARTS) is 1. The maximum atomic E-state index is 10.8. The van der Waals surface area contributed by atoms with Gasteiger partial charge in [-0.2, -0.15) is 0 Å². The molecule has 0 fully saturated rings. The summed E-state index contributed by atoms with van der Waals surface area (Å²) in [4.78, 5) is 10.8. The van der Waals surface area contributed by atoms with Crippen LogP contribution >= 0.6 is 0 Å². The lowest BCUT2D eigenvalue weighted by Crippen LogP contribution is -2.31. The smallest absolute Gasteiger partial charge is 0.315 e. The Balaban J connectivity index is 2.71. The zero-order valence-corrected chi connectivity index (χ0v) is 6.54. The van der Waals surface area contributed by atoms with Crippen LogP contribution in [0.5, 0.6) is 0 Å². The van der Waals surface area contributed by atoms with Gasteiger partial charge in [0.15, 0.2) is 0 Å². The first-order chi connectivity index (χ1) is 5.21. The number of carboxylic acids is 1. The van der Waals surface area contributed by atoms with Gasteiger partial charge >= 0.3 is 5.97 Å². The van der Waals surface area contributed by atoms with Crippen molar-refractivity contribution in [1.82, 2.24) is 0 Å². The maximum Gasteiger partial charge on any atom is 0.315 e. The molecule has 1 atom stereocenters. The maximum absolute atomic E-state index is 10.8. The van der Waals surface area contributed by atoms with Crippen molar-refractivity contribution in [3.05, 3.63) is 12.2 Å². The van der Waals surface area contributed by atoms with Crippen LogP contribution in [-0.2, 0) is 9.53 Å². The average Bonchev–Trinajstić information content (AvgIpc) is 2.38. The van der Waals surface area contributed by atoms with Gasteiger partial charge in [-0.15, -0.1) is 0 Å². The van der Waals surface area contributed by atoms with Gasteiger partial charge in [-0.25, -0.2) is 0 Å². The topological polar surface area (TPSA) is 46.5 Å². The largest absolute Gasteiger partial charge is 0.481 e. The number of allylic oxidation sites excluding steroid dienone is 1. The summed E-state index contributed by atoms with van der Waals surface area (Å²) >= 11 is 0. The number of aliphatic carboxylic acids is 1. The molecule has 0 aromatic heterocycles. The molecule has 0 spiro atoms. The monoisotopic (exact) mass is 156 g/mol. The van der Waals surface area contributed by atoms with Gasteiger partial charge in [0.1, 0.15) is 5.41 Å². The lowest BCUT2D eigenvalue weighted by Gasteiger charge is -2.20. The van der Waals surface area contributed by atoms with Crippen LogP contribution in [0.2, 0.25) is 0 Å². The van der Waals surface area contributed by atoms with Crippen molar-refractivity contribution in [2.45, 2.75) is 12.8 Å². The van der Waals surface area contributed by atoms with E-state index in [1.807, 2.05) is 6.08 Å². The van der Waals surface area contributed by atoms with E-state index in [4.69, 9.17) is 9.84 Å². The molecule has 0 aromatic rings. The molecule has 3 heteroatoms. The second kappa shape index (κ2) is 3.05. The highest BCUT2D eigenvalue weighted by Gasteiger charge is 2.37. The van der Waals surface area contributed by atoms with Crippen molar-refractivity contribution in [1.29, 1.82) is 0 Å². The van der Waals surface area contributed by atoms with E-state index in [-0.39, 0.29) is 6.61 Å². The minimum atomic E-state index is -0.784. The van der Waals surface area contributed by atoms with Gasteiger partial charge in [0.25, 0.3) is 0 Å². The summed E-state index contributed by atoms with van der Waals surface area (Å²) < 4.78 is 4.86. The van der Waals surface area contributed by atoms with E-state index in [2.05, 4.69) is 0 Å². The molecule has 0 saturated carbocycles. The first kappa shape index (κ1) is 8.27. The Morgan fingerprint density at radius 3 is 2.91 bits per heavy atom. The second-order valence-corrected chi connectivity index (χ2v) is 2.84. The first-order valence-electron chi connectivity index (χ1n) is 3.61. The van der Waals surface area contributed by atoms with Crippen LogP contribution in [0, 0.1) is 5.41 Å². The Labute approximate surface area is 65.7 Å². The summed E-state index contributed by atoms with van der Waals surface area (Å²) in [6.45, 7) is 0.277. The number of hydrogen-bond acceptors (Lipinski definition) is 2. The van der Waals surface area contributed by atoms with Gasteiger partial charge < -0.3 is 9.84 Å². The minimum Gasteiger partial charge on any atom is -0.481 e. The fraction of sp³-hybridized carbons (Fsp3) is 0.625. The third-order valence-corrected chi connectivity index (χ3v) is 2.02. The SMILES string of the molecule is COCC1(C(=O)O)C=CCC1. The van der Waals surface area contributed by atoms with Crippen LogP contribution in [0.25, 0.3) is 0 Å². The van der Waals surface area contributed by atoms with Crippen LogP contribution < -0.4 is 0 Å². The zero-order valence-electron chi connectivity index (χ0n) is 6.54. The number of ether oxygens (including phenoxy) is 1. The molecule has 0 aliphatic heterocycles. The highest BCUT2D eigenvalue weighted by Crippen LogP contribution is 2.32. The lowest BCUT2D eigenvalue weighted by molar-refractivity contribution is -0.148. The molecule has 62 valence electrons. The molecule has 3 nitrogen and oxygen atoms in total. The van der Waals surface area contributed by atoms with Crippen LogP contribution in [-0.4, -0.2) is 24.8 Å². The molecule has 0 radical (unpaired) electrons. The number of methoxy groups -OCH3 is 1. The number of rotatable bonds is 3. The van der Waals surface area contributed by atoms with Gasteiger partial charge in [0.2, 0.25) is 0 Å². The molecule has 11 heavy (non-hydrogen) atoms. The van der Waals surface area contributed by atoms with Gasteiger partial charge in [-0.05, 0) is 12.8 Å². The average molecular weight is 156 g/mol. The Bertz CT molecular complexity index is 186. The zero-order chi connectivity index (χ0) is 8.32. The van der Waals surface area contributed by atoms with E-state index in [1.165, 1.54) is 7.11 Å². The predicted octanol–water partition coefficient (Wildman–Crippen LogP) is 1.05. The van der Waals surface area contributed by atoms with E-state index in [1.54, 1.807) is 6.08 Å². The normalized spacial score (nSPS) is 29.2. The summed E-state index contributed by atoms with van der Waals surface area (Å²) in [7, 11) is 1.52. The summed E-state index contributed by atoms with van der Waals surface area (Å²) in [5.74, 6) is -0.784. The summed E-state index contributed by atoms with van der Waals surface area (Å²) in [6.07, 6.45) is 5.14. The molecule has 1 unspecified atom stereocenters. The van der Waals surface area contributed by atoms with E-state index in [9.17, 15) is 4.79 Å². The minimum absolute atomic E-state index is 0.277. The van der Waals surface area contributed by atoms with E-state index >= 15 is 0 Å². The molecule has 0 saturated heterocycles. The molecule has 0 heterocycles. The van der Waals surface area contributed by atoms with E-state index in [0.29, 0.717) is 6.42 Å². The van der Waals surface area contributed by atoms with Crippen molar-refractivity contribution in [2.24, 2.45) is 5.41 Å². The van der Waals surface area contributed by atoms with Crippen molar-refractivity contribution in [2.75, 3.05) is 13.7 Å². The van der Waals surface area contributed by atoms with Crippen molar-refractivity contribution < 1.29 is 14.6 Å². The van der Waals surface area contributed by atoms with Crippen LogP contribution in [0.15, 0.2) is 12.2 Å². The van der Waals surface area contributed by atoms with E-state index < -0.39 is 11.4 Å². The molecular formula is C8H12O3. The number of carbonyl (C=O) groups is 1. The molecule has 1 aliphatic carbocycles. The van der Waals surface area contributed by atoms with Crippen LogP contribution in [0.4, 0.5) is 0 Å². The summed E-state index contributed by atoms with van der Waals surface area (Å²) in [5.41, 5.74) is -0.741. The standard InChI is InChI=1S/C8H12O3/c1-11-6-8(7(9)10)4-2-3-5-8/h2,4H,3,5-6H2,1H3,(H,9,10). The predicted molar refractivity (Wildman–Crippen MR) is 40.3 cm³/mol. The third kappa shape index (κ3) is 1.43. The van der Waals surface area contributed by atoms with Gasteiger partial charge in [0, 0.05) is 7.11 Å². The molecule has 1 rings (SSSR count). The summed E-state index contributed by atoms with van der Waals surface area (Å²) in [5, 5.41) is 8.86. The Morgan fingerprint density at radius 1 is 1.82 bits per heavy atom. The Kier molecular flexibility index (Phi) is 2.29. The molecule has 0 amide bonds. The quantitative estimate of drug-likeness (QED) is 0.621. The fourth-order valence-electron chi connectivity index (χ4n) is 1.35. The van der Waals surface area contributed by atoms with Crippen LogP contribution in [0.1, 0.15) is 12.8 Å². The Morgan fingerprint density at radius 2 is 2.55 bits per heavy atom. The molecular weight excluding hydrogens is 144 g/mol. The van der Waals surface area contributed by atoms with Gasteiger partial charge in [-0.1, -0.05) is 12.2 Å². The third-order valence-electron chi connectivity index (χ3n) is 2.02. The highest BCUT2D eigenvalue weighted by atomic mass is 16.5. The molecule has 1 aliphatic rings. The van der Waals surface area contributed by atoms with Crippen molar-refractivity contribution in [3.63, 3.8) is 0 Å². The van der Waals surface area contributed by atoms with Gasteiger partial charge in [0.05, 0.1) is 6.61 Å². The summed E-state index contributed by atoms with van der Waals surface area (Å²) in [6, 6.07) is 0. The van der Waals surface area contributed by atoms with Gasteiger partial charge in [-0.3, -0.25) is 4.79 Å². The van der Waals surface area contributed by atoms with Crippen LogP contribution in [0.3, 0.4) is 0 Å². The van der Waals surface area contributed by atoms with Crippen molar-refractivity contribution in [3.8, 4) is 0 Å². The Hall–Kier alpha value is -0.830. The second-order valence-electron chi connectivity index (χ2n) is 2.84.